The first-order valence-corrected chi connectivity index (χ1v) is 10.6. The van der Waals surface area contributed by atoms with E-state index in [1.54, 1.807) is 16.0 Å². The average Bonchev–Trinajstić information content (AvgIpc) is 3.21. The SMILES string of the molecule is C=NN1C=C(C)C(N2CC[C@H](N)C2)=N/C1=C/C1CCCCN1C(=O)c1cccnc1F. The van der Waals surface area contributed by atoms with Crippen LogP contribution in [0.25, 0.3) is 0 Å². The van der Waals surface area contributed by atoms with E-state index in [4.69, 9.17) is 10.7 Å². The summed E-state index contributed by atoms with van der Waals surface area (Å²) >= 11 is 0. The number of hydrazone groups is 1. The van der Waals surface area contributed by atoms with Gasteiger partial charge in [-0.05, 0) is 50.8 Å². The Morgan fingerprint density at radius 2 is 2.19 bits per heavy atom. The monoisotopic (exact) mass is 425 g/mol. The Morgan fingerprint density at radius 3 is 2.90 bits per heavy atom. The van der Waals surface area contributed by atoms with E-state index in [2.05, 4.69) is 21.7 Å². The number of rotatable bonds is 3. The van der Waals surface area contributed by atoms with Crippen molar-refractivity contribution in [1.82, 2.24) is 19.8 Å². The fraction of sp³-hybridized carbons (Fsp3) is 0.455. The van der Waals surface area contributed by atoms with Crippen LogP contribution in [0.5, 0.6) is 0 Å². The smallest absolute Gasteiger partial charge is 0.258 e. The fourth-order valence-electron chi connectivity index (χ4n) is 4.34. The molecule has 1 amide bonds. The first-order valence-electron chi connectivity index (χ1n) is 10.6. The summed E-state index contributed by atoms with van der Waals surface area (Å²) in [5.74, 6) is 0.363. The third-order valence-electron chi connectivity index (χ3n) is 5.94. The largest absolute Gasteiger partial charge is 0.355 e. The number of halogens is 1. The predicted molar refractivity (Wildman–Crippen MR) is 118 cm³/mol. The third-order valence-corrected chi connectivity index (χ3v) is 5.94. The molecular weight excluding hydrogens is 397 g/mol. The number of piperidine rings is 1. The van der Waals surface area contributed by atoms with Gasteiger partial charge in [-0.2, -0.15) is 9.49 Å². The fourth-order valence-corrected chi connectivity index (χ4v) is 4.34. The van der Waals surface area contributed by atoms with Crippen molar-refractivity contribution in [1.29, 1.82) is 0 Å². The van der Waals surface area contributed by atoms with Crippen LogP contribution in [-0.2, 0) is 0 Å². The summed E-state index contributed by atoms with van der Waals surface area (Å²) in [6.07, 6.45) is 8.70. The first-order chi connectivity index (χ1) is 15.0. The van der Waals surface area contributed by atoms with Gasteiger partial charge >= 0.3 is 0 Å². The summed E-state index contributed by atoms with van der Waals surface area (Å²) in [6.45, 7) is 7.81. The lowest BCUT2D eigenvalue weighted by molar-refractivity contribution is 0.0656. The summed E-state index contributed by atoms with van der Waals surface area (Å²) < 4.78 is 14.1. The molecular formula is C22H28FN7O. The number of nitrogens with zero attached hydrogens (tertiary/aromatic N) is 6. The van der Waals surface area contributed by atoms with Crippen LogP contribution in [0.1, 0.15) is 43.0 Å². The van der Waals surface area contributed by atoms with E-state index < -0.39 is 5.95 Å². The maximum Gasteiger partial charge on any atom is 0.258 e. The van der Waals surface area contributed by atoms with Crippen LogP contribution in [0.15, 0.2) is 52.1 Å². The highest BCUT2D eigenvalue weighted by Crippen LogP contribution is 2.27. The van der Waals surface area contributed by atoms with Crippen molar-refractivity contribution in [2.45, 2.75) is 44.7 Å². The van der Waals surface area contributed by atoms with Gasteiger partial charge in [0, 0.05) is 50.4 Å². The molecule has 3 aliphatic rings. The van der Waals surface area contributed by atoms with Crippen molar-refractivity contribution in [3.63, 3.8) is 0 Å². The Balaban J connectivity index is 1.65. The normalized spacial score (nSPS) is 25.5. The number of pyridine rings is 1. The van der Waals surface area contributed by atoms with Gasteiger partial charge in [0.1, 0.15) is 5.84 Å². The molecule has 0 saturated carbocycles. The Bertz CT molecular complexity index is 957. The molecule has 2 saturated heterocycles. The molecule has 1 aromatic heterocycles. The first kappa shape index (κ1) is 21.2. The minimum Gasteiger partial charge on any atom is -0.355 e. The highest BCUT2D eigenvalue weighted by Gasteiger charge is 2.31. The minimum atomic E-state index is -0.749. The molecule has 3 aliphatic heterocycles. The Hall–Kier alpha value is -3.07. The summed E-state index contributed by atoms with van der Waals surface area (Å²) in [6, 6.07) is 2.96. The van der Waals surface area contributed by atoms with Crippen LogP contribution in [0.4, 0.5) is 4.39 Å². The maximum atomic E-state index is 14.1. The van der Waals surface area contributed by atoms with Crippen molar-refractivity contribution in [2.24, 2.45) is 15.8 Å². The highest BCUT2D eigenvalue weighted by atomic mass is 19.1. The van der Waals surface area contributed by atoms with Crippen molar-refractivity contribution < 1.29 is 9.18 Å². The molecule has 2 atom stereocenters. The molecule has 8 nitrogen and oxygen atoms in total. The Labute approximate surface area is 181 Å². The van der Waals surface area contributed by atoms with Gasteiger partial charge < -0.3 is 15.5 Å². The Morgan fingerprint density at radius 1 is 1.35 bits per heavy atom. The van der Waals surface area contributed by atoms with E-state index in [0.717, 1.165) is 50.2 Å². The molecule has 2 N–H and O–H groups in total. The minimum absolute atomic E-state index is 0.0128. The molecule has 1 unspecified atom stereocenters. The summed E-state index contributed by atoms with van der Waals surface area (Å²) in [7, 11) is 0. The van der Waals surface area contributed by atoms with Gasteiger partial charge in [-0.25, -0.2) is 15.0 Å². The summed E-state index contributed by atoms with van der Waals surface area (Å²) in [5.41, 5.74) is 7.05. The topological polar surface area (TPSA) is 90.4 Å². The van der Waals surface area contributed by atoms with E-state index in [0.29, 0.717) is 12.4 Å². The molecule has 164 valence electrons. The number of hydrogen-bond donors (Lipinski definition) is 1. The zero-order chi connectivity index (χ0) is 22.0. The van der Waals surface area contributed by atoms with Crippen molar-refractivity contribution in [3.8, 4) is 0 Å². The van der Waals surface area contributed by atoms with Crippen molar-refractivity contribution in [2.75, 3.05) is 19.6 Å². The predicted octanol–water partition coefficient (Wildman–Crippen LogP) is 2.32. The molecule has 0 aromatic carbocycles. The molecule has 0 radical (unpaired) electrons. The van der Waals surface area contributed by atoms with Crippen LogP contribution in [0.2, 0.25) is 0 Å². The molecule has 4 rings (SSSR count). The molecule has 9 heteroatoms. The zero-order valence-corrected chi connectivity index (χ0v) is 17.7. The van der Waals surface area contributed by atoms with Crippen LogP contribution in [0.3, 0.4) is 0 Å². The van der Waals surface area contributed by atoms with Crippen LogP contribution in [0, 0.1) is 5.95 Å². The van der Waals surface area contributed by atoms with Gasteiger partial charge in [-0.15, -0.1) is 0 Å². The van der Waals surface area contributed by atoms with Crippen LogP contribution >= 0.6 is 0 Å². The zero-order valence-electron chi connectivity index (χ0n) is 17.7. The van der Waals surface area contributed by atoms with Crippen molar-refractivity contribution in [3.05, 3.63) is 53.5 Å². The van der Waals surface area contributed by atoms with Gasteiger partial charge in [-0.1, -0.05) is 0 Å². The van der Waals surface area contributed by atoms with Gasteiger partial charge in [0.25, 0.3) is 5.91 Å². The van der Waals surface area contributed by atoms with E-state index in [-0.39, 0.29) is 23.6 Å². The number of aliphatic imine (C=N–C) groups is 1. The molecule has 31 heavy (non-hydrogen) atoms. The van der Waals surface area contributed by atoms with E-state index >= 15 is 0 Å². The molecule has 1 aromatic rings. The summed E-state index contributed by atoms with van der Waals surface area (Å²) in [5, 5.41) is 5.70. The molecule has 2 fully saturated rings. The molecule has 0 spiro atoms. The lowest BCUT2D eigenvalue weighted by atomic mass is 10.0. The molecule has 0 aliphatic carbocycles. The number of carbonyl (C=O) groups excluding carboxylic acids is 1. The second-order valence-corrected chi connectivity index (χ2v) is 8.16. The number of nitrogens with two attached hydrogens (primary N) is 1. The molecule has 4 heterocycles. The van der Waals surface area contributed by atoms with Gasteiger partial charge in [0.05, 0.1) is 11.6 Å². The second kappa shape index (κ2) is 8.97. The molecule has 0 bridgehead atoms. The van der Waals surface area contributed by atoms with Crippen LogP contribution < -0.4 is 5.73 Å². The third kappa shape index (κ3) is 4.36. The van der Waals surface area contributed by atoms with Gasteiger partial charge in [0.15, 0.2) is 5.82 Å². The number of carbonyl (C=O) groups is 1. The van der Waals surface area contributed by atoms with Crippen molar-refractivity contribution >= 4 is 18.5 Å². The lowest BCUT2D eigenvalue weighted by Gasteiger charge is -2.35. The number of amides is 1. The number of hydrogen-bond acceptors (Lipinski definition) is 7. The average molecular weight is 426 g/mol. The number of amidine groups is 1. The standard InChI is InChI=1S/C22H28FN7O/c1-15-13-30(25-2)19(27-21(15)28-11-8-16(24)14-28)12-17-6-3-4-10-29(17)22(31)18-7-5-9-26-20(18)23/h5,7,9,12-13,16-17H,2-4,6,8,10-11,14,24H2,1H3/b19-12-/t16-,17?/m0/s1. The van der Waals surface area contributed by atoms with Crippen LogP contribution in [-0.4, -0.2) is 70.0 Å². The van der Waals surface area contributed by atoms with E-state index in [1.807, 2.05) is 19.2 Å². The van der Waals surface area contributed by atoms with E-state index in [1.165, 1.54) is 12.3 Å². The number of likely N-dealkylation sites (tertiary alicyclic amines) is 2. The lowest BCUT2D eigenvalue weighted by Crippen LogP contribution is -2.43. The van der Waals surface area contributed by atoms with E-state index in [9.17, 15) is 9.18 Å². The highest BCUT2D eigenvalue weighted by molar-refractivity contribution is 5.99. The Kier molecular flexibility index (Phi) is 6.13. The number of aromatic nitrogens is 1. The quantitative estimate of drug-likeness (QED) is 0.593. The maximum absolute atomic E-state index is 14.1. The van der Waals surface area contributed by atoms with Gasteiger partial charge in [0.2, 0.25) is 5.95 Å². The second-order valence-electron chi connectivity index (χ2n) is 8.16. The summed E-state index contributed by atoms with van der Waals surface area (Å²) in [4.78, 5) is 25.4. The van der Waals surface area contributed by atoms with Gasteiger partial charge in [-0.3, -0.25) is 4.79 Å².